The first kappa shape index (κ1) is 56.8. The monoisotopic (exact) mass is 835 g/mol. The molecule has 8 nitrogen and oxygen atoms in total. The molecule has 0 fully saturated rings. The van der Waals surface area contributed by atoms with Crippen molar-refractivity contribution in [3.8, 4) is 0 Å². The van der Waals surface area contributed by atoms with Crippen molar-refractivity contribution in [2.75, 3.05) is 41.0 Å². The van der Waals surface area contributed by atoms with Crippen molar-refractivity contribution in [3.63, 3.8) is 0 Å². The Kier molecular flexibility index (Phi) is 40.9. The van der Waals surface area contributed by atoms with E-state index in [1.165, 1.54) is 148 Å². The average Bonchev–Trinajstić information content (AvgIpc) is 3.19. The molecule has 0 aliphatic carbocycles. The minimum absolute atomic E-state index is 0.0507. The Balaban J connectivity index is 4.22. The molecule has 0 aromatic heterocycles. The minimum Gasteiger partial charge on any atom is -0.477 e. The Hall–Kier alpha value is -2.19. The van der Waals surface area contributed by atoms with E-state index in [0.29, 0.717) is 19.3 Å². The standard InChI is InChI=1S/C51H95NO7/c1-6-8-10-12-14-16-18-20-21-22-23-24-25-26-27-28-30-31-33-35-37-39-41-49(53)58-46-47(45-57-44-43-48(51(55)56)52(3,4)5)59-50(54)42-40-38-36-34-32-29-19-17-15-13-11-9-7-2/h22-23,25-26,47-48H,6-21,24,27-46H2,1-5H3/p+1/b23-22+,26-25+. The molecule has 8 heteroatoms. The van der Waals surface area contributed by atoms with E-state index in [4.69, 9.17) is 14.2 Å². The molecule has 0 aliphatic rings. The van der Waals surface area contributed by atoms with Crippen LogP contribution in [0.25, 0.3) is 0 Å². The predicted molar refractivity (Wildman–Crippen MR) is 248 cm³/mol. The zero-order chi connectivity index (χ0) is 43.5. The molecule has 2 unspecified atom stereocenters. The summed E-state index contributed by atoms with van der Waals surface area (Å²) >= 11 is 0. The molecule has 0 amide bonds. The summed E-state index contributed by atoms with van der Waals surface area (Å²) < 4.78 is 17.3. The Morgan fingerprint density at radius 1 is 0.508 bits per heavy atom. The minimum atomic E-state index is -0.873. The highest BCUT2D eigenvalue weighted by atomic mass is 16.6. The van der Waals surface area contributed by atoms with E-state index < -0.39 is 18.1 Å². The normalized spacial score (nSPS) is 13.0. The van der Waals surface area contributed by atoms with Crippen LogP contribution >= 0.6 is 0 Å². The summed E-state index contributed by atoms with van der Waals surface area (Å²) in [6.45, 7) is 4.75. The Morgan fingerprint density at radius 2 is 0.898 bits per heavy atom. The van der Waals surface area contributed by atoms with Gasteiger partial charge in [-0.25, -0.2) is 4.79 Å². The first-order valence-corrected chi connectivity index (χ1v) is 24.9. The summed E-state index contributed by atoms with van der Waals surface area (Å²) in [5.41, 5.74) is 0. The SMILES string of the molecule is CCCCCCCCCC/C=C/C/C=C/CCCCCCCCCC(=O)OCC(COCCC(C(=O)O)[N+](C)(C)C)OC(=O)CCCCCCCCCCCCCCC. The van der Waals surface area contributed by atoms with Crippen LogP contribution in [0.1, 0.15) is 232 Å². The number of ether oxygens (including phenoxy) is 3. The number of likely N-dealkylation sites (N-methyl/N-ethyl adjacent to an activating group) is 1. The largest absolute Gasteiger partial charge is 0.477 e. The summed E-state index contributed by atoms with van der Waals surface area (Å²) in [5, 5.41) is 9.63. The van der Waals surface area contributed by atoms with E-state index in [9.17, 15) is 19.5 Å². The molecule has 0 aromatic rings. The van der Waals surface area contributed by atoms with Gasteiger partial charge in [-0.1, -0.05) is 192 Å². The van der Waals surface area contributed by atoms with Crippen molar-refractivity contribution in [2.24, 2.45) is 0 Å². The molecule has 346 valence electrons. The lowest BCUT2D eigenvalue weighted by Crippen LogP contribution is -2.50. The number of allylic oxidation sites excluding steroid dienone is 4. The Bertz CT molecular complexity index is 1020. The second kappa shape index (κ2) is 42.5. The van der Waals surface area contributed by atoms with Gasteiger partial charge in [-0.15, -0.1) is 0 Å². The van der Waals surface area contributed by atoms with Gasteiger partial charge >= 0.3 is 17.9 Å². The van der Waals surface area contributed by atoms with Gasteiger partial charge in [0.1, 0.15) is 6.61 Å². The van der Waals surface area contributed by atoms with Crippen molar-refractivity contribution < 1.29 is 38.2 Å². The van der Waals surface area contributed by atoms with Gasteiger partial charge in [0.05, 0.1) is 34.4 Å². The van der Waals surface area contributed by atoms with Crippen molar-refractivity contribution in [1.82, 2.24) is 0 Å². The Morgan fingerprint density at radius 3 is 1.31 bits per heavy atom. The molecule has 0 aliphatic heterocycles. The quantitative estimate of drug-likeness (QED) is 0.0282. The molecule has 2 atom stereocenters. The van der Waals surface area contributed by atoms with Crippen molar-refractivity contribution in [2.45, 2.75) is 244 Å². The summed E-state index contributed by atoms with van der Waals surface area (Å²) in [4.78, 5) is 37.1. The zero-order valence-electron chi connectivity index (χ0n) is 39.5. The summed E-state index contributed by atoms with van der Waals surface area (Å²) in [6, 6.07) is -0.613. The smallest absolute Gasteiger partial charge is 0.362 e. The highest BCUT2D eigenvalue weighted by molar-refractivity contribution is 5.72. The van der Waals surface area contributed by atoms with Crippen LogP contribution in [-0.4, -0.2) is 80.6 Å². The second-order valence-corrected chi connectivity index (χ2v) is 18.1. The number of aliphatic carboxylic acids is 1. The summed E-state index contributed by atoms with van der Waals surface area (Å²) in [5.74, 6) is -1.46. The number of unbranched alkanes of at least 4 members (excludes halogenated alkanes) is 27. The van der Waals surface area contributed by atoms with E-state index in [1.54, 1.807) is 0 Å². The average molecular weight is 835 g/mol. The van der Waals surface area contributed by atoms with Crippen LogP contribution in [0.4, 0.5) is 0 Å². The fraction of sp³-hybridized carbons (Fsp3) is 0.863. The third-order valence-electron chi connectivity index (χ3n) is 11.4. The number of carboxylic acids is 1. The predicted octanol–water partition coefficient (Wildman–Crippen LogP) is 14.0. The van der Waals surface area contributed by atoms with Gasteiger partial charge < -0.3 is 23.8 Å². The third kappa shape index (κ3) is 41.0. The molecular formula is C51H96NO7+. The number of carbonyl (C=O) groups is 3. The molecule has 0 saturated heterocycles. The number of carboxylic acid groups (broad SMARTS) is 1. The summed E-state index contributed by atoms with van der Waals surface area (Å²) in [7, 11) is 5.54. The lowest BCUT2D eigenvalue weighted by molar-refractivity contribution is -0.887. The number of esters is 2. The van der Waals surface area contributed by atoms with E-state index in [2.05, 4.69) is 38.2 Å². The highest BCUT2D eigenvalue weighted by Gasteiger charge is 2.31. The van der Waals surface area contributed by atoms with E-state index in [-0.39, 0.29) is 36.2 Å². The molecule has 0 rings (SSSR count). The molecule has 0 saturated carbocycles. The molecule has 0 heterocycles. The van der Waals surface area contributed by atoms with E-state index >= 15 is 0 Å². The molecular weight excluding hydrogens is 739 g/mol. The van der Waals surface area contributed by atoms with Gasteiger partial charge in [-0.2, -0.15) is 0 Å². The van der Waals surface area contributed by atoms with Crippen molar-refractivity contribution in [3.05, 3.63) is 24.3 Å². The van der Waals surface area contributed by atoms with Crippen LogP contribution in [0.15, 0.2) is 24.3 Å². The summed E-state index contributed by atoms with van der Waals surface area (Å²) in [6.07, 6.45) is 47.9. The molecule has 0 aromatic carbocycles. The zero-order valence-corrected chi connectivity index (χ0v) is 39.5. The van der Waals surface area contributed by atoms with Gasteiger partial charge in [0.2, 0.25) is 0 Å². The number of carbonyl (C=O) groups excluding carboxylic acids is 2. The van der Waals surface area contributed by atoms with E-state index in [1.807, 2.05) is 21.1 Å². The van der Waals surface area contributed by atoms with Crippen LogP contribution in [0.3, 0.4) is 0 Å². The van der Waals surface area contributed by atoms with Gasteiger partial charge in [0.15, 0.2) is 12.1 Å². The Labute approximate surface area is 364 Å². The number of rotatable bonds is 45. The maximum Gasteiger partial charge on any atom is 0.362 e. The van der Waals surface area contributed by atoms with Gasteiger partial charge in [-0.3, -0.25) is 9.59 Å². The van der Waals surface area contributed by atoms with Gasteiger partial charge in [-0.05, 0) is 44.9 Å². The number of quaternary nitrogens is 1. The third-order valence-corrected chi connectivity index (χ3v) is 11.4. The van der Waals surface area contributed by atoms with Crippen LogP contribution in [0, 0.1) is 0 Å². The highest BCUT2D eigenvalue weighted by Crippen LogP contribution is 2.15. The molecule has 59 heavy (non-hydrogen) atoms. The van der Waals surface area contributed by atoms with Gasteiger partial charge in [0.25, 0.3) is 0 Å². The van der Waals surface area contributed by atoms with Crippen LogP contribution in [0.2, 0.25) is 0 Å². The van der Waals surface area contributed by atoms with Gasteiger partial charge in [0, 0.05) is 19.3 Å². The first-order chi connectivity index (χ1) is 28.6. The van der Waals surface area contributed by atoms with Crippen molar-refractivity contribution in [1.29, 1.82) is 0 Å². The van der Waals surface area contributed by atoms with Crippen molar-refractivity contribution >= 4 is 17.9 Å². The van der Waals surface area contributed by atoms with Crippen LogP contribution < -0.4 is 0 Å². The van der Waals surface area contributed by atoms with E-state index in [0.717, 1.165) is 51.4 Å². The maximum atomic E-state index is 12.7. The molecule has 0 radical (unpaired) electrons. The molecule has 0 bridgehead atoms. The van der Waals surface area contributed by atoms with Crippen LogP contribution in [-0.2, 0) is 28.6 Å². The van der Waals surface area contributed by atoms with Crippen LogP contribution in [0.5, 0.6) is 0 Å². The number of hydrogen-bond acceptors (Lipinski definition) is 6. The number of nitrogens with zero attached hydrogens (tertiary/aromatic N) is 1. The lowest BCUT2D eigenvalue weighted by Gasteiger charge is -2.31. The molecule has 1 N–H and O–H groups in total. The fourth-order valence-electron chi connectivity index (χ4n) is 7.48. The number of hydrogen-bond donors (Lipinski definition) is 1. The first-order valence-electron chi connectivity index (χ1n) is 24.9. The molecule has 0 spiro atoms. The maximum absolute atomic E-state index is 12.7. The topological polar surface area (TPSA) is 99.1 Å². The lowest BCUT2D eigenvalue weighted by atomic mass is 10.0. The fourth-order valence-corrected chi connectivity index (χ4v) is 7.48. The second-order valence-electron chi connectivity index (χ2n) is 18.1.